The second-order valence-corrected chi connectivity index (χ2v) is 5.14. The fourth-order valence-corrected chi connectivity index (χ4v) is 2.15. The maximum absolute atomic E-state index is 11.1. The summed E-state index contributed by atoms with van der Waals surface area (Å²) in [7, 11) is 0. The van der Waals surface area contributed by atoms with E-state index in [0.29, 0.717) is 12.5 Å². The molecule has 0 aromatic heterocycles. The number of rotatable bonds is 10. The van der Waals surface area contributed by atoms with Crippen molar-refractivity contribution in [1.82, 2.24) is 4.90 Å². The summed E-state index contributed by atoms with van der Waals surface area (Å²) in [6.07, 6.45) is 4.14. The Morgan fingerprint density at radius 2 is 1.55 bits per heavy atom. The fourth-order valence-electron chi connectivity index (χ4n) is 2.15. The first-order valence-corrected chi connectivity index (χ1v) is 7.06. The van der Waals surface area contributed by atoms with Gasteiger partial charge in [0.15, 0.2) is 0 Å². The number of hydrogen-bond donors (Lipinski definition) is 2. The third-order valence-corrected chi connectivity index (χ3v) is 3.72. The Hall–Kier alpha value is -0.100. The molecular weight excluding hydrogens is 269 g/mol. The van der Waals surface area contributed by atoms with Crippen LogP contribution in [-0.2, 0) is 9.59 Å². The van der Waals surface area contributed by atoms with Crippen molar-refractivity contribution in [3.05, 3.63) is 0 Å². The van der Waals surface area contributed by atoms with Crippen LogP contribution in [0.2, 0.25) is 0 Å². The van der Waals surface area contributed by atoms with Gasteiger partial charge in [0.1, 0.15) is 12.1 Å². The van der Waals surface area contributed by atoms with Crippen LogP contribution in [0.15, 0.2) is 0 Å². The predicted molar refractivity (Wildman–Crippen MR) is 75.3 cm³/mol. The molecule has 0 aliphatic rings. The molecule has 0 aromatic rings. The molecule has 0 aliphatic carbocycles. The van der Waals surface area contributed by atoms with Gasteiger partial charge in [-0.15, -0.1) is 0 Å². The van der Waals surface area contributed by atoms with Crippen molar-refractivity contribution in [2.45, 2.75) is 65.5 Å². The maximum atomic E-state index is 11.1. The zero-order valence-corrected chi connectivity index (χ0v) is 15.4. The van der Waals surface area contributed by atoms with Crippen LogP contribution < -0.4 is 29.6 Å². The van der Waals surface area contributed by atoms with Gasteiger partial charge >= 0.3 is 41.5 Å². The van der Waals surface area contributed by atoms with Crippen LogP contribution in [0.25, 0.3) is 0 Å². The number of nitrogens with zero attached hydrogens (tertiary/aromatic N) is 1. The smallest absolute Gasteiger partial charge is 1.00 e. The molecule has 0 rings (SSSR count). The van der Waals surface area contributed by atoms with Gasteiger partial charge in [0, 0.05) is 6.54 Å². The van der Waals surface area contributed by atoms with Crippen LogP contribution in [0.3, 0.4) is 0 Å². The van der Waals surface area contributed by atoms with Crippen LogP contribution in [0, 0.1) is 5.92 Å². The van der Waals surface area contributed by atoms with Gasteiger partial charge in [-0.1, -0.05) is 33.1 Å². The number of unbranched alkanes of at least 4 members (excludes halogenated alkanes) is 1. The molecule has 0 spiro atoms. The standard InChI is InChI=1S/C14H27NO4.Na.H/c1-5-7-8-12(6-2)9-15(10(3)13(16)17)11(4)14(18)19;;/h10-12H,5-9H2,1-4H3,(H,16,17)(H,18,19);;/q;+1;-1. The minimum atomic E-state index is -0.974. The Morgan fingerprint density at radius 3 is 1.85 bits per heavy atom. The zero-order valence-electron chi connectivity index (χ0n) is 14.4. The SMILES string of the molecule is CCCCC(CC)CN(C(C)C(=O)O)C(C)C(=O)O.[H-].[Na+]. The summed E-state index contributed by atoms with van der Waals surface area (Å²) in [4.78, 5) is 23.8. The normalized spacial score (nSPS) is 15.2. The summed E-state index contributed by atoms with van der Waals surface area (Å²) < 4.78 is 0. The van der Waals surface area contributed by atoms with Crippen molar-refractivity contribution in [2.24, 2.45) is 5.92 Å². The van der Waals surface area contributed by atoms with E-state index in [1.165, 1.54) is 0 Å². The van der Waals surface area contributed by atoms with Crippen LogP contribution in [0.4, 0.5) is 0 Å². The summed E-state index contributed by atoms with van der Waals surface area (Å²) in [5.74, 6) is -1.60. The van der Waals surface area contributed by atoms with Gasteiger partial charge in [-0.2, -0.15) is 0 Å². The molecule has 0 amide bonds. The van der Waals surface area contributed by atoms with E-state index in [0.717, 1.165) is 25.7 Å². The molecule has 0 fully saturated rings. The Labute approximate surface area is 145 Å². The van der Waals surface area contributed by atoms with Crippen LogP contribution in [-0.4, -0.2) is 45.7 Å². The first-order valence-electron chi connectivity index (χ1n) is 7.06. The molecule has 3 atom stereocenters. The molecule has 0 saturated carbocycles. The quantitative estimate of drug-likeness (QED) is 0.535. The predicted octanol–water partition coefficient (Wildman–Crippen LogP) is -0.432. The monoisotopic (exact) mass is 297 g/mol. The number of aliphatic carboxylic acids is 2. The molecule has 114 valence electrons. The largest absolute Gasteiger partial charge is 1.00 e. The third-order valence-electron chi connectivity index (χ3n) is 3.72. The van der Waals surface area contributed by atoms with E-state index < -0.39 is 24.0 Å². The van der Waals surface area contributed by atoms with Crippen LogP contribution in [0.5, 0.6) is 0 Å². The van der Waals surface area contributed by atoms with E-state index in [1.807, 2.05) is 0 Å². The van der Waals surface area contributed by atoms with Gasteiger partial charge in [-0.25, -0.2) is 0 Å². The average molecular weight is 297 g/mol. The van der Waals surface area contributed by atoms with Crippen LogP contribution >= 0.6 is 0 Å². The summed E-state index contributed by atoms with van der Waals surface area (Å²) in [6, 6.07) is -1.55. The topological polar surface area (TPSA) is 77.8 Å². The molecule has 0 bridgehead atoms. The van der Waals surface area contributed by atoms with Crippen LogP contribution in [0.1, 0.15) is 54.8 Å². The number of carbonyl (C=O) groups is 2. The molecule has 0 saturated heterocycles. The average Bonchev–Trinajstić information content (AvgIpc) is 2.37. The van der Waals surface area contributed by atoms with E-state index in [1.54, 1.807) is 18.7 Å². The maximum Gasteiger partial charge on any atom is 1.00 e. The van der Waals surface area contributed by atoms with Gasteiger partial charge in [-0.05, 0) is 26.2 Å². The van der Waals surface area contributed by atoms with Crippen molar-refractivity contribution in [2.75, 3.05) is 6.54 Å². The van der Waals surface area contributed by atoms with Crippen molar-refractivity contribution in [3.8, 4) is 0 Å². The zero-order chi connectivity index (χ0) is 15.0. The Kier molecular flexibility index (Phi) is 12.8. The first kappa shape index (κ1) is 22.2. The second-order valence-electron chi connectivity index (χ2n) is 5.14. The van der Waals surface area contributed by atoms with E-state index in [4.69, 9.17) is 10.2 Å². The van der Waals surface area contributed by atoms with Gasteiger partial charge in [0.05, 0.1) is 0 Å². The van der Waals surface area contributed by atoms with Gasteiger partial charge < -0.3 is 11.6 Å². The van der Waals surface area contributed by atoms with Gasteiger partial charge in [0.2, 0.25) is 0 Å². The molecule has 0 aromatic carbocycles. The Morgan fingerprint density at radius 1 is 1.10 bits per heavy atom. The number of carboxylic acid groups (broad SMARTS) is 2. The minimum absolute atomic E-state index is 0. The summed E-state index contributed by atoms with van der Waals surface area (Å²) in [5.41, 5.74) is 0. The molecule has 0 heterocycles. The molecule has 20 heavy (non-hydrogen) atoms. The van der Waals surface area contributed by atoms with E-state index in [9.17, 15) is 9.59 Å². The van der Waals surface area contributed by atoms with Crippen molar-refractivity contribution in [3.63, 3.8) is 0 Å². The molecule has 5 nitrogen and oxygen atoms in total. The first-order chi connectivity index (χ1) is 8.84. The molecule has 0 radical (unpaired) electrons. The van der Waals surface area contributed by atoms with E-state index >= 15 is 0 Å². The molecular formula is C14H28NNaO4. The summed E-state index contributed by atoms with van der Waals surface area (Å²) >= 11 is 0. The van der Waals surface area contributed by atoms with E-state index in [-0.39, 0.29) is 31.0 Å². The summed E-state index contributed by atoms with van der Waals surface area (Å²) in [6.45, 7) is 7.81. The van der Waals surface area contributed by atoms with Crippen molar-refractivity contribution >= 4 is 11.9 Å². The number of hydrogen-bond acceptors (Lipinski definition) is 3. The third kappa shape index (κ3) is 7.62. The van der Waals surface area contributed by atoms with Crippen molar-refractivity contribution in [1.29, 1.82) is 0 Å². The second kappa shape index (κ2) is 11.5. The number of carboxylic acids is 2. The van der Waals surface area contributed by atoms with Gasteiger partial charge in [0.25, 0.3) is 0 Å². The molecule has 6 heteroatoms. The van der Waals surface area contributed by atoms with E-state index in [2.05, 4.69) is 13.8 Å². The van der Waals surface area contributed by atoms with Gasteiger partial charge in [-0.3, -0.25) is 14.5 Å². The molecule has 0 aliphatic heterocycles. The molecule has 3 unspecified atom stereocenters. The summed E-state index contributed by atoms with van der Waals surface area (Å²) in [5, 5.41) is 18.2. The fraction of sp³-hybridized carbons (Fsp3) is 0.857. The Balaban J connectivity index is -0.00000162. The van der Waals surface area contributed by atoms with Crippen molar-refractivity contribution < 1.29 is 50.8 Å². The minimum Gasteiger partial charge on any atom is -1.00 e. The Bertz CT molecular complexity index is 285. The molecule has 2 N–H and O–H groups in total.